The van der Waals surface area contributed by atoms with Gasteiger partial charge in [0, 0.05) is 22.6 Å². The van der Waals surface area contributed by atoms with Crippen LogP contribution in [0.15, 0.2) is 35.7 Å². The van der Waals surface area contributed by atoms with E-state index in [1.54, 1.807) is 36.0 Å². The van der Waals surface area contributed by atoms with E-state index in [-0.39, 0.29) is 5.69 Å². The summed E-state index contributed by atoms with van der Waals surface area (Å²) in [6, 6.07) is 6.38. The molecule has 0 saturated carbocycles. The number of fused-ring (bicyclic) bond motifs is 3. The molecule has 3 aromatic rings. The van der Waals surface area contributed by atoms with Crippen molar-refractivity contribution >= 4 is 39.3 Å². The molecule has 1 N–H and O–H groups in total. The maximum absolute atomic E-state index is 11.0. The zero-order valence-corrected chi connectivity index (χ0v) is 18.2. The highest BCUT2D eigenvalue weighted by atomic mass is 32.1. The van der Waals surface area contributed by atoms with Crippen molar-refractivity contribution in [3.8, 4) is 0 Å². The number of hydrogen-bond donors (Lipinski definition) is 1. The Hall–Kier alpha value is -2.87. The Bertz CT molecular complexity index is 1120. The fourth-order valence-electron chi connectivity index (χ4n) is 4.04. The van der Waals surface area contributed by atoms with Crippen LogP contribution in [0, 0.1) is 21.4 Å². The molecule has 7 nitrogen and oxygen atoms in total. The number of rotatable bonds is 6. The van der Waals surface area contributed by atoms with Crippen LogP contribution in [0.1, 0.15) is 49.6 Å². The summed E-state index contributed by atoms with van der Waals surface area (Å²) in [4.78, 5) is 21.9. The van der Waals surface area contributed by atoms with Gasteiger partial charge in [-0.25, -0.2) is 9.97 Å². The second kappa shape index (κ2) is 8.10. The SMILES string of the molecule is CCC(C)(C)[C@H]1CCc2sc3ncnc(N/N=C\c4cccc([N+](=O)[O-])c4)c3c2C1. The Morgan fingerprint density at radius 3 is 3.00 bits per heavy atom. The van der Waals surface area contributed by atoms with E-state index >= 15 is 0 Å². The molecular weight excluding hydrogens is 398 g/mol. The van der Waals surface area contributed by atoms with Crippen molar-refractivity contribution in [2.45, 2.75) is 46.5 Å². The quantitative estimate of drug-likeness (QED) is 0.317. The molecule has 0 radical (unpaired) electrons. The minimum atomic E-state index is -0.412. The van der Waals surface area contributed by atoms with Crippen molar-refractivity contribution in [2.75, 3.05) is 5.43 Å². The third-order valence-corrected chi connectivity index (χ3v) is 7.52. The van der Waals surface area contributed by atoms with Gasteiger partial charge >= 0.3 is 0 Å². The third-order valence-electron chi connectivity index (χ3n) is 6.32. The minimum absolute atomic E-state index is 0.0415. The van der Waals surface area contributed by atoms with Crippen molar-refractivity contribution in [2.24, 2.45) is 16.4 Å². The number of non-ortho nitro benzene ring substituents is 1. The molecule has 2 heterocycles. The van der Waals surface area contributed by atoms with Crippen LogP contribution in [-0.4, -0.2) is 21.1 Å². The first kappa shape index (κ1) is 20.4. The average Bonchev–Trinajstić information content (AvgIpc) is 3.12. The summed E-state index contributed by atoms with van der Waals surface area (Å²) in [6.45, 7) is 6.98. The zero-order chi connectivity index (χ0) is 21.3. The number of nitro benzene ring substituents is 1. The summed E-state index contributed by atoms with van der Waals surface area (Å²) in [7, 11) is 0. The fourth-order valence-corrected chi connectivity index (χ4v) is 5.22. The van der Waals surface area contributed by atoms with Crippen LogP contribution in [0.2, 0.25) is 0 Å². The van der Waals surface area contributed by atoms with Gasteiger partial charge in [0.1, 0.15) is 11.2 Å². The van der Waals surface area contributed by atoms with Crippen LogP contribution in [-0.2, 0) is 12.8 Å². The van der Waals surface area contributed by atoms with E-state index < -0.39 is 4.92 Å². The number of hydrazone groups is 1. The molecule has 1 aliphatic carbocycles. The van der Waals surface area contributed by atoms with Gasteiger partial charge in [-0.05, 0) is 36.2 Å². The Labute approximate surface area is 179 Å². The number of nitrogens with zero attached hydrogens (tertiary/aromatic N) is 4. The van der Waals surface area contributed by atoms with Crippen LogP contribution >= 0.6 is 11.3 Å². The van der Waals surface area contributed by atoms with Gasteiger partial charge in [-0.3, -0.25) is 15.5 Å². The van der Waals surface area contributed by atoms with E-state index in [9.17, 15) is 10.1 Å². The van der Waals surface area contributed by atoms with Crippen molar-refractivity contribution in [3.63, 3.8) is 0 Å². The number of aryl methyl sites for hydroxylation is 1. The number of nitro groups is 1. The molecule has 0 bridgehead atoms. The monoisotopic (exact) mass is 423 g/mol. The first-order valence-electron chi connectivity index (χ1n) is 10.2. The molecule has 4 rings (SSSR count). The Morgan fingerprint density at radius 2 is 2.23 bits per heavy atom. The average molecular weight is 424 g/mol. The summed E-state index contributed by atoms with van der Waals surface area (Å²) in [6.07, 6.45) is 7.62. The molecule has 0 spiro atoms. The van der Waals surface area contributed by atoms with Crippen molar-refractivity contribution in [3.05, 3.63) is 56.7 Å². The summed E-state index contributed by atoms with van der Waals surface area (Å²) in [5, 5.41) is 16.3. The highest BCUT2D eigenvalue weighted by Crippen LogP contribution is 2.45. The molecule has 0 amide bonds. The van der Waals surface area contributed by atoms with Gasteiger partial charge in [0.2, 0.25) is 0 Å². The Morgan fingerprint density at radius 1 is 1.40 bits per heavy atom. The Balaban J connectivity index is 1.62. The maximum Gasteiger partial charge on any atom is 0.270 e. The molecule has 30 heavy (non-hydrogen) atoms. The molecule has 2 aromatic heterocycles. The van der Waals surface area contributed by atoms with Crippen LogP contribution < -0.4 is 5.43 Å². The molecule has 1 aromatic carbocycles. The number of nitrogens with one attached hydrogen (secondary N) is 1. The van der Waals surface area contributed by atoms with Gasteiger partial charge in [0.25, 0.3) is 5.69 Å². The van der Waals surface area contributed by atoms with E-state index in [2.05, 4.69) is 41.3 Å². The number of anilines is 1. The predicted octanol–water partition coefficient (Wildman–Crippen LogP) is 5.59. The van der Waals surface area contributed by atoms with Crippen molar-refractivity contribution in [1.82, 2.24) is 9.97 Å². The van der Waals surface area contributed by atoms with E-state index in [1.165, 1.54) is 29.0 Å². The van der Waals surface area contributed by atoms with Crippen LogP contribution in [0.25, 0.3) is 10.2 Å². The van der Waals surface area contributed by atoms with Crippen LogP contribution in [0.3, 0.4) is 0 Å². The largest absolute Gasteiger partial charge is 0.270 e. The number of benzene rings is 1. The molecule has 1 atom stereocenters. The van der Waals surface area contributed by atoms with Gasteiger partial charge in [0.05, 0.1) is 16.5 Å². The van der Waals surface area contributed by atoms with E-state index in [0.29, 0.717) is 22.7 Å². The van der Waals surface area contributed by atoms with E-state index in [1.807, 2.05) is 0 Å². The summed E-state index contributed by atoms with van der Waals surface area (Å²) in [5.41, 5.74) is 5.39. The van der Waals surface area contributed by atoms with Crippen LogP contribution in [0.5, 0.6) is 0 Å². The van der Waals surface area contributed by atoms with Crippen molar-refractivity contribution < 1.29 is 4.92 Å². The maximum atomic E-state index is 11.0. The minimum Gasteiger partial charge on any atom is -0.261 e. The van der Waals surface area contributed by atoms with E-state index in [4.69, 9.17) is 0 Å². The van der Waals surface area contributed by atoms with Gasteiger partial charge in [0.15, 0.2) is 5.82 Å². The van der Waals surface area contributed by atoms with Crippen LogP contribution in [0.4, 0.5) is 11.5 Å². The van der Waals surface area contributed by atoms with Gasteiger partial charge < -0.3 is 0 Å². The van der Waals surface area contributed by atoms with Gasteiger partial charge in [-0.2, -0.15) is 5.10 Å². The summed E-state index contributed by atoms with van der Waals surface area (Å²) >= 11 is 1.75. The lowest BCUT2D eigenvalue weighted by Crippen LogP contribution is -2.28. The first-order valence-corrected chi connectivity index (χ1v) is 11.0. The van der Waals surface area contributed by atoms with Gasteiger partial charge in [-0.15, -0.1) is 11.3 Å². The lowest BCUT2D eigenvalue weighted by Gasteiger charge is -2.36. The molecular formula is C22H25N5O2S. The summed E-state index contributed by atoms with van der Waals surface area (Å²) < 4.78 is 0. The zero-order valence-electron chi connectivity index (χ0n) is 17.4. The highest BCUT2D eigenvalue weighted by molar-refractivity contribution is 7.19. The second-order valence-electron chi connectivity index (χ2n) is 8.41. The molecule has 8 heteroatoms. The molecule has 0 saturated heterocycles. The lowest BCUT2D eigenvalue weighted by molar-refractivity contribution is -0.384. The second-order valence-corrected chi connectivity index (χ2v) is 9.49. The highest BCUT2D eigenvalue weighted by Gasteiger charge is 2.33. The molecule has 0 fully saturated rings. The normalized spacial score (nSPS) is 16.7. The lowest BCUT2D eigenvalue weighted by atomic mass is 9.69. The van der Waals surface area contributed by atoms with E-state index in [0.717, 1.165) is 29.5 Å². The third kappa shape index (κ3) is 3.92. The smallest absolute Gasteiger partial charge is 0.261 e. The topological polar surface area (TPSA) is 93.3 Å². The van der Waals surface area contributed by atoms with Gasteiger partial charge in [-0.1, -0.05) is 39.3 Å². The molecule has 1 aliphatic rings. The molecule has 0 unspecified atom stereocenters. The molecule has 0 aliphatic heterocycles. The van der Waals surface area contributed by atoms with Crippen molar-refractivity contribution in [1.29, 1.82) is 0 Å². The fraction of sp³-hybridized carbons (Fsp3) is 0.409. The first-order chi connectivity index (χ1) is 14.4. The number of hydrogen-bond acceptors (Lipinski definition) is 7. The Kier molecular flexibility index (Phi) is 5.51. The number of aromatic nitrogens is 2. The molecule has 156 valence electrons. The number of thiophene rings is 1. The summed E-state index contributed by atoms with van der Waals surface area (Å²) in [5.74, 6) is 1.32. The predicted molar refractivity (Wildman–Crippen MR) is 121 cm³/mol. The standard InChI is InChI=1S/C22H25N5O2S/c1-4-22(2,3)15-8-9-18-17(11-15)19-20(23-13-24-21(19)30-18)26-25-12-14-6-5-7-16(10-14)27(28)29/h5-7,10,12-13,15H,4,8-9,11H2,1-3H3,(H,23,24,26)/b25-12-/t15-/m0/s1.